The number of aliphatic hydroxyl groups excluding tert-OH is 1. The van der Waals surface area contributed by atoms with Crippen LogP contribution in [-0.4, -0.2) is 260 Å². The Morgan fingerprint density at radius 3 is 2.17 bits per heavy atom. The van der Waals surface area contributed by atoms with Crippen molar-refractivity contribution in [3.63, 3.8) is 0 Å². The molecule has 2 bridgehead atoms. The van der Waals surface area contributed by atoms with Crippen molar-refractivity contribution >= 4 is 68.8 Å². The summed E-state index contributed by atoms with van der Waals surface area (Å²) in [6.07, 6.45) is 19.3. The number of unbranched alkanes of at least 4 members (excludes halogenated alkanes) is 2. The number of ketones is 3. The van der Waals surface area contributed by atoms with Crippen molar-refractivity contribution in [1.82, 2.24) is 45.0 Å². The largest absolute Gasteiger partial charge is 0.460 e. The molecule has 1 aromatic carbocycles. The molecule has 0 radical (unpaired) electrons. The van der Waals surface area contributed by atoms with Crippen molar-refractivity contribution in [2.24, 2.45) is 35.5 Å². The predicted octanol–water partition coefficient (Wildman–Crippen LogP) is 9.62. The summed E-state index contributed by atoms with van der Waals surface area (Å²) in [5, 5.41) is 41.8. The smallest absolute Gasteiger partial charge is 0.329 e. The zero-order valence-electron chi connectivity index (χ0n) is 72.6. The van der Waals surface area contributed by atoms with Crippen LogP contribution in [0.5, 0.6) is 0 Å². The Labute approximate surface area is 711 Å². The number of anilines is 2. The van der Waals surface area contributed by atoms with E-state index in [-0.39, 0.29) is 79.8 Å². The van der Waals surface area contributed by atoms with Gasteiger partial charge in [0.2, 0.25) is 11.7 Å². The minimum Gasteiger partial charge on any atom is -0.460 e. The lowest BCUT2D eigenvalue weighted by molar-refractivity contribution is -0.265. The number of benzene rings is 1. The van der Waals surface area contributed by atoms with Gasteiger partial charge in [-0.2, -0.15) is 5.10 Å². The number of aliphatic hydroxyl groups is 2. The van der Waals surface area contributed by atoms with Gasteiger partial charge >= 0.3 is 5.97 Å². The fourth-order valence-electron chi connectivity index (χ4n) is 16.3. The molecule has 2 amide bonds. The lowest BCUT2D eigenvalue weighted by atomic mass is 9.78. The molecule has 670 valence electrons. The van der Waals surface area contributed by atoms with Gasteiger partial charge in [0.15, 0.2) is 17.3 Å². The van der Waals surface area contributed by atoms with Crippen LogP contribution >= 0.6 is 0 Å². The number of nitrogens with zero attached hydrogens (tertiary/aromatic N) is 8. The number of aryl methyl sites for hydroxylation is 2. The van der Waals surface area contributed by atoms with Crippen LogP contribution in [0.15, 0.2) is 88.8 Å². The van der Waals surface area contributed by atoms with Gasteiger partial charge in [-0.1, -0.05) is 76.3 Å². The number of esters is 1. The molecular formula is C89H133N11O21. The van der Waals surface area contributed by atoms with Crippen LogP contribution in [0.2, 0.25) is 0 Å². The molecule has 32 heteroatoms. The molecule has 5 aromatic rings. The quantitative estimate of drug-likeness (QED) is 0.0106. The third-order valence-corrected chi connectivity index (χ3v) is 23.5. The van der Waals surface area contributed by atoms with E-state index in [1.807, 2.05) is 87.2 Å². The maximum absolute atomic E-state index is 14.8. The first-order valence-electron chi connectivity index (χ1n) is 43.4. The van der Waals surface area contributed by atoms with Crippen LogP contribution in [0.4, 0.5) is 11.7 Å². The van der Waals surface area contributed by atoms with Crippen LogP contribution in [0.1, 0.15) is 163 Å². The Hall–Kier alpha value is -8.09. The summed E-state index contributed by atoms with van der Waals surface area (Å²) in [5.74, 6) is -7.58. The first-order chi connectivity index (χ1) is 58.4. The van der Waals surface area contributed by atoms with E-state index in [0.717, 1.165) is 67.2 Å². The monoisotopic (exact) mass is 1690 g/mol. The van der Waals surface area contributed by atoms with Gasteiger partial charge in [-0.15, -0.1) is 5.10 Å². The summed E-state index contributed by atoms with van der Waals surface area (Å²) in [5.41, 5.74) is 17.1. The standard InChI is InChI=1S/C89H133N11O21/c1-58-20-12-11-13-21-59(2)74(109-8)54-69-27-24-64(7)89(108,121-69)84(105)87(106)99-32-17-14-23-70(99)88(107)120-75(55-71(101)60(3)49-63(6)82(104)83(111-10)81(103)62(5)48-58)61(4)50-65-25-28-73(76(51-65)110-9)118-35-19-15-22-68-56-98(97-95-68)34-37-113-39-41-115-43-45-117-47-46-116-44-42-114-40-38-112-36-30-78(102)92-31-16-18-33-100-86-79(85(91)93-57-94-86)80(96-100)66-26-29-72-67(52-66)53-77(90)119-72/h11-13,20-21,26,29,49,52-53,56-58,60-62,64-65,69-70,73-76,82-83,104,108H,14-19,22-25,27-28,30-48,50-51,54-55,90H2,1-10H3,(H,92,102)(H2,91,93,94)/b13-11+,20-12+,59-21+,63-49+/t58-,60-,61-,62-,64-,65+,69+,70+,73-,74+,75+,76-,82-,83+,89-/m1/s1. The molecule has 7 N–H and O–H groups in total. The molecule has 3 fully saturated rings. The highest BCUT2D eigenvalue weighted by Crippen LogP contribution is 2.40. The second-order valence-corrected chi connectivity index (χ2v) is 32.8. The van der Waals surface area contributed by atoms with E-state index in [4.69, 9.17) is 77.8 Å². The van der Waals surface area contributed by atoms with Gasteiger partial charge in [-0.05, 0) is 157 Å². The van der Waals surface area contributed by atoms with Crippen molar-refractivity contribution < 1.29 is 100 Å². The number of allylic oxidation sites excluding steroid dienone is 6. The van der Waals surface area contributed by atoms with E-state index >= 15 is 0 Å². The number of methoxy groups -OCH3 is 3. The molecule has 1 aliphatic carbocycles. The number of nitrogens with one attached hydrogen (secondary N) is 1. The highest BCUT2D eigenvalue weighted by Gasteiger charge is 2.53. The van der Waals surface area contributed by atoms with Crippen LogP contribution in [0.25, 0.3) is 33.3 Å². The average Bonchev–Trinajstić information content (AvgIpc) is 1.75. The number of furan rings is 1. The number of aromatic nitrogens is 7. The maximum atomic E-state index is 14.8. The zero-order valence-corrected chi connectivity index (χ0v) is 72.6. The molecule has 9 rings (SSSR count). The highest BCUT2D eigenvalue weighted by atomic mass is 16.6. The van der Waals surface area contributed by atoms with E-state index in [2.05, 4.69) is 25.6 Å². The number of fused-ring (bicyclic) bond motifs is 5. The Bertz CT molecular complexity index is 4200. The fourth-order valence-corrected chi connectivity index (χ4v) is 16.3. The van der Waals surface area contributed by atoms with E-state index in [1.165, 1.54) is 18.3 Å². The van der Waals surface area contributed by atoms with E-state index in [1.54, 1.807) is 51.8 Å². The molecular weight excluding hydrogens is 1560 g/mol. The van der Waals surface area contributed by atoms with Crippen molar-refractivity contribution in [3.05, 3.63) is 90.1 Å². The molecule has 32 nitrogen and oxygen atoms in total. The van der Waals surface area contributed by atoms with E-state index < -0.39 is 77.8 Å². The molecule has 1 saturated carbocycles. The van der Waals surface area contributed by atoms with Crippen molar-refractivity contribution in [2.75, 3.05) is 132 Å². The first-order valence-corrected chi connectivity index (χ1v) is 43.4. The van der Waals surface area contributed by atoms with Gasteiger partial charge in [-0.25, -0.2) is 24.1 Å². The van der Waals surface area contributed by atoms with Crippen molar-refractivity contribution in [1.29, 1.82) is 0 Å². The lowest BCUT2D eigenvalue weighted by Gasteiger charge is -2.42. The number of carbonyl (C=O) groups is 6. The summed E-state index contributed by atoms with van der Waals surface area (Å²) in [6, 6.07) is 6.30. The van der Waals surface area contributed by atoms with Gasteiger partial charge < -0.3 is 93.2 Å². The topological polar surface area (TPSA) is 408 Å². The molecule has 0 spiro atoms. The minimum absolute atomic E-state index is 0.00450. The number of cyclic esters (lactones) is 1. The Morgan fingerprint density at radius 2 is 1.46 bits per heavy atom. The van der Waals surface area contributed by atoms with Crippen LogP contribution < -0.4 is 16.8 Å². The summed E-state index contributed by atoms with van der Waals surface area (Å²) < 4.78 is 79.8. The Kier molecular flexibility index (Phi) is 40.0. The van der Waals surface area contributed by atoms with Gasteiger partial charge in [0.25, 0.3) is 11.7 Å². The molecule has 2 saturated heterocycles. The number of hydrogen-bond donors (Lipinski definition) is 5. The van der Waals surface area contributed by atoms with E-state index in [0.29, 0.717) is 190 Å². The Balaban J connectivity index is 0.619. The summed E-state index contributed by atoms with van der Waals surface area (Å²) in [4.78, 5) is 94.6. The molecule has 15 atom stereocenters. The molecule has 0 unspecified atom stereocenters. The average molecular weight is 1690 g/mol. The highest BCUT2D eigenvalue weighted by molar-refractivity contribution is 6.39. The number of amides is 2. The second-order valence-electron chi connectivity index (χ2n) is 32.8. The van der Waals surface area contributed by atoms with Gasteiger partial charge in [0.05, 0.1) is 121 Å². The zero-order chi connectivity index (χ0) is 86.8. The van der Waals surface area contributed by atoms with Gasteiger partial charge in [0.1, 0.15) is 53.6 Å². The summed E-state index contributed by atoms with van der Waals surface area (Å²) in [7, 11) is 4.65. The van der Waals surface area contributed by atoms with Crippen LogP contribution in [0.3, 0.4) is 0 Å². The number of piperidine rings is 1. The molecule has 4 aromatic heterocycles. The van der Waals surface area contributed by atoms with Crippen LogP contribution in [-0.2, 0) is 105 Å². The summed E-state index contributed by atoms with van der Waals surface area (Å²) >= 11 is 0. The van der Waals surface area contributed by atoms with Crippen molar-refractivity contribution in [2.45, 2.75) is 232 Å². The molecule has 121 heavy (non-hydrogen) atoms. The van der Waals surface area contributed by atoms with Crippen molar-refractivity contribution in [3.8, 4) is 11.3 Å². The number of nitrogen functional groups attached to an aromatic ring is 2. The summed E-state index contributed by atoms with van der Waals surface area (Å²) in [6.45, 7) is 19.8. The third kappa shape index (κ3) is 29.3. The Morgan fingerprint density at radius 1 is 0.744 bits per heavy atom. The number of nitrogens with two attached hydrogens (primary N) is 2. The number of ether oxygens (including phenoxy) is 12. The van der Waals surface area contributed by atoms with Gasteiger partial charge in [-0.3, -0.25) is 24.0 Å². The SMILES string of the molecule is CO[C@H]1C[C@@H]2CC[C@@H](C)[C@@](O)(O2)C(=O)C(=O)N2CCCC[C@H]2C(=O)O[C@H]([C@H](C)C[C@@H]2CC[C@@H](OCCCCc3cn(CCOCCOCCOCCOCCOCCOCCC(=O)NCCCCn4nc(-c5ccc6oc(N)cc6c5)c5c(N)ncnc54)nn3)[C@H](OC)C2)CC(=O)[C@H](C)/C=C(\C)[C@@H](O)[C@@H](OC)C(=O)[C@H](C)C[C@H](C)/C=C/C=C/C=C/1C. The maximum Gasteiger partial charge on any atom is 0.329 e. The fraction of sp³-hybridized carbons (Fsp3) is 0.674. The minimum atomic E-state index is -2.46. The van der Waals surface area contributed by atoms with E-state index in [9.17, 15) is 39.0 Å². The first kappa shape index (κ1) is 96.7. The van der Waals surface area contributed by atoms with Crippen LogP contribution in [0, 0.1) is 35.5 Å². The molecule has 3 aliphatic heterocycles. The number of rotatable bonds is 39. The predicted molar refractivity (Wildman–Crippen MR) is 453 cm³/mol. The number of Topliss-reactive ketones (excluding diaryl/α,β-unsaturated/α-hetero) is 3. The number of carbonyl (C=O) groups excluding carboxylic acids is 6. The second kappa shape index (κ2) is 50.0. The molecule has 7 heterocycles. The number of hydrogen-bond acceptors (Lipinski definition) is 28. The molecule has 4 aliphatic rings. The normalized spacial score (nSPS) is 27.3. The lowest BCUT2D eigenvalue weighted by Crippen LogP contribution is -2.61. The third-order valence-electron chi connectivity index (χ3n) is 23.5. The van der Waals surface area contributed by atoms with Gasteiger partial charge in [0, 0.05) is 108 Å².